The molecule has 0 aliphatic rings. The molecule has 0 saturated carbocycles. The highest BCUT2D eigenvalue weighted by molar-refractivity contribution is 7.15. The Hall–Kier alpha value is -1.34. The third-order valence-electron chi connectivity index (χ3n) is 2.39. The normalized spacial score (nSPS) is 12.1. The lowest BCUT2D eigenvalue weighted by Gasteiger charge is -2.04. The molecule has 98 valence electrons. The van der Waals surface area contributed by atoms with Gasteiger partial charge in [-0.25, -0.2) is 4.98 Å². The van der Waals surface area contributed by atoms with Gasteiger partial charge in [0.25, 0.3) is 0 Å². The summed E-state index contributed by atoms with van der Waals surface area (Å²) in [5.41, 5.74) is -0.217. The molecular formula is C11H11F3N2OS. The maximum atomic E-state index is 12.8. The minimum Gasteiger partial charge on any atom is -0.469 e. The number of hydrogen-bond donors (Lipinski definition) is 1. The molecule has 0 aliphatic carbocycles. The molecule has 18 heavy (non-hydrogen) atoms. The van der Waals surface area contributed by atoms with Gasteiger partial charge < -0.3 is 9.73 Å². The molecule has 2 aromatic heterocycles. The molecule has 0 aromatic carbocycles. The summed E-state index contributed by atoms with van der Waals surface area (Å²) < 4.78 is 43.5. The summed E-state index contributed by atoms with van der Waals surface area (Å²) in [4.78, 5) is 3.88. The van der Waals surface area contributed by atoms with Gasteiger partial charge in [-0.3, -0.25) is 0 Å². The van der Waals surface area contributed by atoms with Gasteiger partial charge in [-0.1, -0.05) is 0 Å². The van der Waals surface area contributed by atoms with Crippen molar-refractivity contribution in [1.29, 1.82) is 0 Å². The van der Waals surface area contributed by atoms with E-state index in [4.69, 9.17) is 4.42 Å². The van der Waals surface area contributed by atoms with Crippen LogP contribution >= 0.6 is 11.3 Å². The summed E-state index contributed by atoms with van der Waals surface area (Å²) in [7, 11) is 1.60. The second-order valence-corrected chi connectivity index (χ2v) is 4.79. The zero-order valence-electron chi connectivity index (χ0n) is 9.76. The molecule has 0 spiro atoms. The summed E-state index contributed by atoms with van der Waals surface area (Å²) >= 11 is 1.03. The van der Waals surface area contributed by atoms with Crippen molar-refractivity contribution < 1.29 is 17.6 Å². The Labute approximate surface area is 106 Å². The van der Waals surface area contributed by atoms with Gasteiger partial charge in [0.1, 0.15) is 10.8 Å². The lowest BCUT2D eigenvalue weighted by Crippen LogP contribution is -2.12. The first kappa shape index (κ1) is 13.1. The van der Waals surface area contributed by atoms with Crippen LogP contribution in [0.15, 0.2) is 16.7 Å². The van der Waals surface area contributed by atoms with E-state index in [2.05, 4.69) is 10.3 Å². The zero-order valence-corrected chi connectivity index (χ0v) is 10.6. The summed E-state index contributed by atoms with van der Waals surface area (Å²) in [5, 5.41) is 3.05. The lowest BCUT2D eigenvalue weighted by atomic mass is 10.3. The van der Waals surface area contributed by atoms with Crippen LogP contribution in [-0.2, 0) is 12.7 Å². The molecule has 1 N–H and O–H groups in total. The Morgan fingerprint density at radius 2 is 2.17 bits per heavy atom. The lowest BCUT2D eigenvalue weighted by molar-refractivity contribution is -0.141. The molecule has 0 unspecified atom stereocenters. The monoisotopic (exact) mass is 276 g/mol. The number of nitrogens with zero attached hydrogens (tertiary/aromatic N) is 1. The van der Waals surface area contributed by atoms with Crippen molar-refractivity contribution in [3.63, 3.8) is 0 Å². The van der Waals surface area contributed by atoms with Crippen LogP contribution in [0.1, 0.15) is 16.3 Å². The van der Waals surface area contributed by atoms with Crippen LogP contribution < -0.4 is 5.32 Å². The summed E-state index contributed by atoms with van der Waals surface area (Å²) in [6, 6.07) is 1.62. The Bertz CT molecular complexity index is 545. The molecule has 0 bridgehead atoms. The third-order valence-corrected chi connectivity index (χ3v) is 3.48. The molecule has 2 heterocycles. The average Bonchev–Trinajstić information content (AvgIpc) is 2.83. The van der Waals surface area contributed by atoms with Gasteiger partial charge in [0, 0.05) is 6.54 Å². The molecular weight excluding hydrogens is 265 g/mol. The fourth-order valence-electron chi connectivity index (χ4n) is 1.58. The van der Waals surface area contributed by atoms with Gasteiger partial charge in [0.05, 0.1) is 16.7 Å². The molecule has 2 aromatic rings. The van der Waals surface area contributed by atoms with E-state index >= 15 is 0 Å². The Morgan fingerprint density at radius 1 is 1.44 bits per heavy atom. The van der Waals surface area contributed by atoms with Gasteiger partial charge in [-0.2, -0.15) is 13.2 Å². The number of rotatable bonds is 3. The molecule has 0 atom stereocenters. The van der Waals surface area contributed by atoms with Crippen molar-refractivity contribution in [3.8, 4) is 10.6 Å². The largest absolute Gasteiger partial charge is 0.469 e. The molecule has 0 aliphatic heterocycles. The number of nitrogens with one attached hydrogen (secondary N) is 1. The van der Waals surface area contributed by atoms with Gasteiger partial charge >= 0.3 is 6.18 Å². The fraction of sp³-hybridized carbons (Fsp3) is 0.364. The molecule has 0 saturated heterocycles. The minimum atomic E-state index is -4.43. The van der Waals surface area contributed by atoms with Gasteiger partial charge in [0.15, 0.2) is 5.69 Å². The predicted molar refractivity (Wildman–Crippen MR) is 62.3 cm³/mol. The van der Waals surface area contributed by atoms with Crippen molar-refractivity contribution >= 4 is 11.3 Å². The van der Waals surface area contributed by atoms with Gasteiger partial charge in [0.2, 0.25) is 0 Å². The Morgan fingerprint density at radius 3 is 2.67 bits per heavy atom. The van der Waals surface area contributed by atoms with E-state index in [1.165, 1.54) is 6.26 Å². The van der Waals surface area contributed by atoms with Crippen LogP contribution in [0.5, 0.6) is 0 Å². The highest BCUT2D eigenvalue weighted by Gasteiger charge is 2.37. The van der Waals surface area contributed by atoms with Crippen LogP contribution in [0.25, 0.3) is 10.6 Å². The van der Waals surface area contributed by atoms with Crippen LogP contribution in [0.2, 0.25) is 0 Å². The number of aryl methyl sites for hydroxylation is 1. The highest BCUT2D eigenvalue weighted by Crippen LogP contribution is 2.38. The molecule has 0 amide bonds. The number of aromatic nitrogens is 1. The van der Waals surface area contributed by atoms with E-state index in [9.17, 15) is 13.2 Å². The summed E-state index contributed by atoms with van der Waals surface area (Å²) in [6.07, 6.45) is -2.99. The SMILES string of the molecule is CNCc1sc(-c2ccoc2C)nc1C(F)(F)F. The molecule has 2 rings (SSSR count). The van der Waals surface area contributed by atoms with Gasteiger partial charge in [-0.05, 0) is 20.0 Å². The van der Waals surface area contributed by atoms with Crippen molar-refractivity contribution in [1.82, 2.24) is 10.3 Å². The Kier molecular flexibility index (Phi) is 3.45. The average molecular weight is 276 g/mol. The number of thiazole rings is 1. The molecule has 3 nitrogen and oxygen atoms in total. The number of hydrogen-bond acceptors (Lipinski definition) is 4. The van der Waals surface area contributed by atoms with E-state index in [0.29, 0.717) is 16.3 Å². The molecule has 0 radical (unpaired) electrons. The first-order valence-electron chi connectivity index (χ1n) is 5.19. The van der Waals surface area contributed by atoms with E-state index in [0.717, 1.165) is 11.3 Å². The summed E-state index contributed by atoms with van der Waals surface area (Å²) in [5.74, 6) is 0.563. The number of furan rings is 1. The molecule has 0 fully saturated rings. The quantitative estimate of drug-likeness (QED) is 0.933. The number of halogens is 3. The van der Waals surface area contributed by atoms with Crippen molar-refractivity contribution in [2.45, 2.75) is 19.6 Å². The highest BCUT2D eigenvalue weighted by atomic mass is 32.1. The van der Waals surface area contributed by atoms with Crippen LogP contribution in [0, 0.1) is 6.92 Å². The van der Waals surface area contributed by atoms with Crippen LogP contribution in [-0.4, -0.2) is 12.0 Å². The van der Waals surface area contributed by atoms with Crippen molar-refractivity contribution in [3.05, 3.63) is 28.7 Å². The first-order chi connectivity index (χ1) is 8.43. The maximum Gasteiger partial charge on any atom is 0.434 e. The minimum absolute atomic E-state index is 0.142. The smallest absolute Gasteiger partial charge is 0.434 e. The van der Waals surface area contributed by atoms with E-state index in [-0.39, 0.29) is 11.4 Å². The fourth-order valence-corrected chi connectivity index (χ4v) is 2.74. The third kappa shape index (κ3) is 2.41. The van der Waals surface area contributed by atoms with E-state index in [1.54, 1.807) is 20.0 Å². The zero-order chi connectivity index (χ0) is 13.3. The van der Waals surface area contributed by atoms with E-state index < -0.39 is 11.9 Å². The Balaban J connectivity index is 2.49. The first-order valence-corrected chi connectivity index (χ1v) is 6.01. The van der Waals surface area contributed by atoms with Crippen molar-refractivity contribution in [2.75, 3.05) is 7.05 Å². The maximum absolute atomic E-state index is 12.8. The number of alkyl halides is 3. The topological polar surface area (TPSA) is 38.1 Å². The second kappa shape index (κ2) is 4.74. The van der Waals surface area contributed by atoms with Crippen molar-refractivity contribution in [2.24, 2.45) is 0 Å². The van der Waals surface area contributed by atoms with Crippen LogP contribution in [0.3, 0.4) is 0 Å². The van der Waals surface area contributed by atoms with E-state index in [1.807, 2.05) is 0 Å². The summed E-state index contributed by atoms with van der Waals surface area (Å²) in [6.45, 7) is 1.84. The van der Waals surface area contributed by atoms with Crippen LogP contribution in [0.4, 0.5) is 13.2 Å². The second-order valence-electron chi connectivity index (χ2n) is 3.71. The van der Waals surface area contributed by atoms with Gasteiger partial charge in [-0.15, -0.1) is 11.3 Å². The standard InChI is InChI=1S/C11H11F3N2OS/c1-6-7(3-4-17-6)10-16-9(11(12,13)14)8(18-10)5-15-2/h3-4,15H,5H2,1-2H3. The molecule has 7 heteroatoms. The predicted octanol–water partition coefficient (Wildman–Crippen LogP) is 3.45.